The van der Waals surface area contributed by atoms with Gasteiger partial charge in [-0.1, -0.05) is 6.07 Å². The van der Waals surface area contributed by atoms with Crippen molar-refractivity contribution in [2.75, 3.05) is 14.2 Å². The van der Waals surface area contributed by atoms with Crippen molar-refractivity contribution in [2.24, 2.45) is 0 Å². The van der Waals surface area contributed by atoms with E-state index < -0.39 is 0 Å². The van der Waals surface area contributed by atoms with Crippen LogP contribution in [0.15, 0.2) is 34.1 Å². The van der Waals surface area contributed by atoms with Crippen molar-refractivity contribution in [1.82, 2.24) is 0 Å². The van der Waals surface area contributed by atoms with E-state index >= 15 is 0 Å². The number of ketones is 1. The largest absolute Gasteiger partial charge is 0.493 e. The number of methoxy groups -OCH3 is 2. The van der Waals surface area contributed by atoms with Crippen molar-refractivity contribution in [1.29, 1.82) is 0 Å². The lowest BCUT2D eigenvalue weighted by Crippen LogP contribution is -2.04. The fourth-order valence-electron chi connectivity index (χ4n) is 1.64. The van der Waals surface area contributed by atoms with Gasteiger partial charge in [0.1, 0.15) is 0 Å². The Kier molecular flexibility index (Phi) is 4.04. The van der Waals surface area contributed by atoms with Gasteiger partial charge in [0, 0.05) is 4.47 Å². The highest BCUT2D eigenvalue weighted by atomic mass is 79.9. The molecule has 94 valence electrons. The van der Waals surface area contributed by atoms with Crippen molar-refractivity contribution in [3.05, 3.63) is 44.6 Å². The molecule has 3 nitrogen and oxygen atoms in total. The summed E-state index contributed by atoms with van der Waals surface area (Å²) < 4.78 is 11.3. The Balaban J connectivity index is 2.52. The molecule has 5 heteroatoms. The van der Waals surface area contributed by atoms with Crippen LogP contribution in [0.5, 0.6) is 11.5 Å². The molecule has 0 fully saturated rings. The second kappa shape index (κ2) is 5.54. The molecule has 0 aliphatic carbocycles. The van der Waals surface area contributed by atoms with Crippen LogP contribution in [0.2, 0.25) is 0 Å². The number of rotatable bonds is 4. The first kappa shape index (κ1) is 13.1. The number of carbonyl (C=O) groups is 1. The zero-order valence-corrected chi connectivity index (χ0v) is 12.3. The van der Waals surface area contributed by atoms with E-state index in [9.17, 15) is 4.79 Å². The van der Waals surface area contributed by atoms with Crippen molar-refractivity contribution in [2.45, 2.75) is 0 Å². The molecule has 1 heterocycles. The number of halogens is 1. The summed E-state index contributed by atoms with van der Waals surface area (Å²) in [6, 6.07) is 7.12. The van der Waals surface area contributed by atoms with Crippen LogP contribution in [0, 0.1) is 0 Å². The van der Waals surface area contributed by atoms with Gasteiger partial charge in [0.05, 0.1) is 24.7 Å². The highest BCUT2D eigenvalue weighted by molar-refractivity contribution is 9.10. The molecule has 0 saturated carbocycles. The number of benzene rings is 1. The zero-order chi connectivity index (χ0) is 13.1. The van der Waals surface area contributed by atoms with Gasteiger partial charge in [-0.25, -0.2) is 0 Å². The normalized spacial score (nSPS) is 10.2. The Hall–Kier alpha value is -1.33. The summed E-state index contributed by atoms with van der Waals surface area (Å²) >= 11 is 4.76. The second-order valence-corrected chi connectivity index (χ2v) is 5.24. The number of hydrogen-bond donors (Lipinski definition) is 0. The molecule has 1 aromatic heterocycles. The lowest BCUT2D eigenvalue weighted by atomic mass is 10.1. The minimum atomic E-state index is -0.0763. The van der Waals surface area contributed by atoms with Gasteiger partial charge in [-0.05, 0) is 39.5 Å². The first-order valence-corrected chi connectivity index (χ1v) is 6.85. The third-order valence-electron chi connectivity index (χ3n) is 2.47. The molecule has 0 bridgehead atoms. The van der Waals surface area contributed by atoms with E-state index in [0.29, 0.717) is 21.9 Å². The SMILES string of the molecule is COc1cccc(C(=O)c2sccc2Br)c1OC. The summed E-state index contributed by atoms with van der Waals surface area (Å²) in [5.41, 5.74) is 0.500. The lowest BCUT2D eigenvalue weighted by molar-refractivity contribution is 0.103. The molecule has 0 aliphatic rings. The molecule has 0 atom stereocenters. The summed E-state index contributed by atoms with van der Waals surface area (Å²) in [4.78, 5) is 13.1. The molecule has 2 rings (SSSR count). The highest BCUT2D eigenvalue weighted by Crippen LogP contribution is 2.34. The van der Waals surface area contributed by atoms with Crippen LogP contribution < -0.4 is 9.47 Å². The maximum absolute atomic E-state index is 12.4. The van der Waals surface area contributed by atoms with E-state index in [2.05, 4.69) is 15.9 Å². The molecule has 0 saturated heterocycles. The molecule has 0 spiro atoms. The van der Waals surface area contributed by atoms with Gasteiger partial charge in [-0.3, -0.25) is 4.79 Å². The van der Waals surface area contributed by atoms with Gasteiger partial charge in [-0.15, -0.1) is 11.3 Å². The van der Waals surface area contributed by atoms with E-state index in [1.165, 1.54) is 18.4 Å². The van der Waals surface area contributed by atoms with Gasteiger partial charge < -0.3 is 9.47 Å². The summed E-state index contributed by atoms with van der Waals surface area (Å²) in [6.07, 6.45) is 0. The van der Waals surface area contributed by atoms with E-state index in [1.807, 2.05) is 11.4 Å². The summed E-state index contributed by atoms with van der Waals surface area (Å²) in [6.45, 7) is 0. The third kappa shape index (κ3) is 2.28. The van der Waals surface area contributed by atoms with E-state index in [0.717, 1.165) is 4.47 Å². The van der Waals surface area contributed by atoms with Crippen LogP contribution in [-0.4, -0.2) is 20.0 Å². The van der Waals surface area contributed by atoms with Crippen LogP contribution in [-0.2, 0) is 0 Å². The minimum Gasteiger partial charge on any atom is -0.493 e. The number of para-hydroxylation sites is 1. The van der Waals surface area contributed by atoms with Crippen LogP contribution in [0.3, 0.4) is 0 Å². The van der Waals surface area contributed by atoms with E-state index in [-0.39, 0.29) is 5.78 Å². The van der Waals surface area contributed by atoms with Crippen LogP contribution >= 0.6 is 27.3 Å². The Morgan fingerprint density at radius 3 is 2.56 bits per heavy atom. The molecular formula is C13H11BrO3S. The predicted octanol–water partition coefficient (Wildman–Crippen LogP) is 3.76. The topological polar surface area (TPSA) is 35.5 Å². The average Bonchev–Trinajstić information content (AvgIpc) is 2.83. The van der Waals surface area contributed by atoms with Crippen molar-refractivity contribution >= 4 is 33.0 Å². The summed E-state index contributed by atoms with van der Waals surface area (Å²) in [5.74, 6) is 0.939. The van der Waals surface area contributed by atoms with E-state index in [4.69, 9.17) is 9.47 Å². The average molecular weight is 327 g/mol. The van der Waals surface area contributed by atoms with Gasteiger partial charge in [-0.2, -0.15) is 0 Å². The Morgan fingerprint density at radius 1 is 1.22 bits per heavy atom. The predicted molar refractivity (Wildman–Crippen MR) is 75.0 cm³/mol. The lowest BCUT2D eigenvalue weighted by Gasteiger charge is -2.11. The number of hydrogen-bond acceptors (Lipinski definition) is 4. The standard InChI is InChI=1S/C13H11BrO3S/c1-16-10-5-3-4-8(12(10)17-2)11(15)13-9(14)6-7-18-13/h3-7H,1-2H3. The maximum Gasteiger partial charge on any atom is 0.207 e. The quantitative estimate of drug-likeness (QED) is 0.802. The van der Waals surface area contributed by atoms with Crippen molar-refractivity contribution in [3.63, 3.8) is 0 Å². The molecule has 18 heavy (non-hydrogen) atoms. The van der Waals surface area contributed by atoms with Gasteiger partial charge >= 0.3 is 0 Å². The molecule has 0 amide bonds. The fourth-order valence-corrected chi connectivity index (χ4v) is 3.15. The third-order valence-corrected chi connectivity index (χ3v) is 4.31. The number of carbonyl (C=O) groups excluding carboxylic acids is 1. The molecular weight excluding hydrogens is 316 g/mol. The number of ether oxygens (including phenoxy) is 2. The van der Waals surface area contributed by atoms with Crippen molar-refractivity contribution in [3.8, 4) is 11.5 Å². The molecule has 2 aromatic rings. The zero-order valence-electron chi connectivity index (χ0n) is 9.90. The first-order chi connectivity index (χ1) is 8.69. The van der Waals surface area contributed by atoms with Gasteiger partial charge in [0.25, 0.3) is 0 Å². The summed E-state index contributed by atoms with van der Waals surface area (Å²) in [5, 5.41) is 1.87. The second-order valence-electron chi connectivity index (χ2n) is 3.47. The molecule has 0 N–H and O–H groups in total. The molecule has 0 unspecified atom stereocenters. The highest BCUT2D eigenvalue weighted by Gasteiger charge is 2.20. The Bertz CT molecular complexity index is 577. The maximum atomic E-state index is 12.4. The van der Waals surface area contributed by atoms with Gasteiger partial charge in [0.15, 0.2) is 11.5 Å². The molecule has 0 aliphatic heterocycles. The molecule has 0 radical (unpaired) electrons. The molecule has 1 aromatic carbocycles. The fraction of sp³-hybridized carbons (Fsp3) is 0.154. The monoisotopic (exact) mass is 326 g/mol. The smallest absolute Gasteiger partial charge is 0.207 e. The minimum absolute atomic E-state index is 0.0763. The van der Waals surface area contributed by atoms with E-state index in [1.54, 1.807) is 25.3 Å². The Labute approximate surface area is 117 Å². The Morgan fingerprint density at radius 2 is 2.00 bits per heavy atom. The van der Waals surface area contributed by atoms with Crippen molar-refractivity contribution < 1.29 is 14.3 Å². The van der Waals surface area contributed by atoms with Crippen LogP contribution in [0.25, 0.3) is 0 Å². The van der Waals surface area contributed by atoms with Crippen LogP contribution in [0.4, 0.5) is 0 Å². The van der Waals surface area contributed by atoms with Crippen LogP contribution in [0.1, 0.15) is 15.2 Å². The summed E-state index contributed by atoms with van der Waals surface area (Å²) in [7, 11) is 3.07. The van der Waals surface area contributed by atoms with Gasteiger partial charge in [0.2, 0.25) is 5.78 Å². The first-order valence-electron chi connectivity index (χ1n) is 5.17. The number of thiophene rings is 1.